The van der Waals surface area contributed by atoms with Crippen LogP contribution < -0.4 is 21.5 Å². The summed E-state index contributed by atoms with van der Waals surface area (Å²) >= 11 is 0. The third-order valence-corrected chi connectivity index (χ3v) is 12.9. The van der Waals surface area contributed by atoms with Crippen molar-refractivity contribution in [2.75, 3.05) is 13.2 Å². The van der Waals surface area contributed by atoms with Gasteiger partial charge in [0.15, 0.2) is 0 Å². The maximum Gasteiger partial charge on any atom is 0.220 e. The zero-order valence-corrected chi connectivity index (χ0v) is 25.7. The molecule has 0 aromatic rings. The first kappa shape index (κ1) is 31.0. The zero-order chi connectivity index (χ0) is 29.4. The molecule has 0 aromatic carbocycles. The van der Waals surface area contributed by atoms with Gasteiger partial charge in [-0.3, -0.25) is 4.79 Å². The van der Waals surface area contributed by atoms with Crippen LogP contribution >= 0.6 is 0 Å². The summed E-state index contributed by atoms with van der Waals surface area (Å²) in [5.41, 5.74) is 15.0. The number of amides is 1. The van der Waals surface area contributed by atoms with E-state index in [4.69, 9.17) is 5.53 Å². The predicted octanol–water partition coefficient (Wildman–Crippen LogP) is 4.34. The standard InChI is InChI=1S/C31H55N7O3/c1-19(5-10-28(41)35-21(17-33-18-34-38-32)11-14-30(3)36-37-30)24-8-9-25-23-7-6-20-15-22(39)12-13-29(20,2)26(23)16-27(40)31(24,25)4/h19-27,33,36-37,39-40H,5-18H2,1-4H3,(H,35,41)/t19-,20-,21?,22-,23+,24-,25+,26+,27?,29+,31-/m1/s1. The van der Waals surface area contributed by atoms with E-state index in [0.717, 1.165) is 51.4 Å². The van der Waals surface area contributed by atoms with Gasteiger partial charge >= 0.3 is 0 Å². The summed E-state index contributed by atoms with van der Waals surface area (Å²) in [4.78, 5) is 15.9. The molecule has 5 fully saturated rings. The lowest BCUT2D eigenvalue weighted by molar-refractivity contribution is -0.175. The number of hydrazine groups is 1. The van der Waals surface area contributed by atoms with E-state index in [1.54, 1.807) is 0 Å². The molecule has 1 saturated heterocycles. The lowest BCUT2D eigenvalue weighted by Gasteiger charge is -2.62. The molecular formula is C31H55N7O3. The van der Waals surface area contributed by atoms with Crippen LogP contribution in [0.3, 0.4) is 0 Å². The number of hydrogen-bond donors (Lipinski definition) is 6. The Morgan fingerprint density at radius 1 is 1.07 bits per heavy atom. The van der Waals surface area contributed by atoms with Gasteiger partial charge in [0.05, 0.1) is 24.5 Å². The van der Waals surface area contributed by atoms with Gasteiger partial charge < -0.3 is 20.8 Å². The highest BCUT2D eigenvalue weighted by Crippen LogP contribution is 2.68. The molecule has 41 heavy (non-hydrogen) atoms. The smallest absolute Gasteiger partial charge is 0.220 e. The van der Waals surface area contributed by atoms with Gasteiger partial charge in [-0.15, -0.1) is 0 Å². The maximum absolute atomic E-state index is 13.1. The van der Waals surface area contributed by atoms with Crippen molar-refractivity contribution in [3.63, 3.8) is 0 Å². The van der Waals surface area contributed by atoms with Crippen molar-refractivity contribution in [2.45, 2.75) is 129 Å². The summed E-state index contributed by atoms with van der Waals surface area (Å²) in [5.74, 6) is 3.27. The lowest BCUT2D eigenvalue weighted by Crippen LogP contribution is -2.58. The summed E-state index contributed by atoms with van der Waals surface area (Å²) in [6.07, 6.45) is 11.2. The van der Waals surface area contributed by atoms with Crippen LogP contribution in [0.2, 0.25) is 0 Å². The molecule has 0 bridgehead atoms. The van der Waals surface area contributed by atoms with E-state index in [9.17, 15) is 15.0 Å². The molecule has 4 saturated carbocycles. The van der Waals surface area contributed by atoms with Gasteiger partial charge in [-0.05, 0) is 129 Å². The van der Waals surface area contributed by atoms with E-state index in [1.165, 1.54) is 19.3 Å². The Labute approximate surface area is 246 Å². The maximum atomic E-state index is 13.1. The minimum absolute atomic E-state index is 0.0319. The molecule has 1 aliphatic heterocycles. The third-order valence-electron chi connectivity index (χ3n) is 12.9. The third kappa shape index (κ3) is 6.29. The van der Waals surface area contributed by atoms with Gasteiger partial charge in [0, 0.05) is 23.9 Å². The number of aliphatic hydroxyl groups excluding tert-OH is 2. The Morgan fingerprint density at radius 2 is 1.85 bits per heavy atom. The molecule has 10 nitrogen and oxygen atoms in total. The molecular weight excluding hydrogens is 518 g/mol. The normalized spacial score (nSPS) is 42.1. The minimum atomic E-state index is -0.294. The summed E-state index contributed by atoms with van der Waals surface area (Å²) in [6, 6.07) is -0.0319. The number of fused-ring (bicyclic) bond motifs is 5. The monoisotopic (exact) mass is 573 g/mol. The number of carbonyl (C=O) groups excluding carboxylic acids is 1. The summed E-state index contributed by atoms with van der Waals surface area (Å²) < 4.78 is 0. The fourth-order valence-electron chi connectivity index (χ4n) is 10.3. The molecule has 11 atom stereocenters. The first-order valence-corrected chi connectivity index (χ1v) is 16.4. The molecule has 10 heteroatoms. The molecule has 5 rings (SSSR count). The number of hydrogen-bond acceptors (Lipinski definition) is 7. The summed E-state index contributed by atoms with van der Waals surface area (Å²) in [5, 5.41) is 32.1. The van der Waals surface area contributed by atoms with Crippen LogP contribution in [0.15, 0.2) is 5.11 Å². The average Bonchev–Trinajstić information content (AvgIpc) is 3.57. The van der Waals surface area contributed by atoms with Crippen molar-refractivity contribution < 1.29 is 15.0 Å². The second-order valence-corrected chi connectivity index (χ2v) is 15.1. The van der Waals surface area contributed by atoms with Gasteiger partial charge in [-0.1, -0.05) is 25.9 Å². The molecule has 1 amide bonds. The highest BCUT2D eigenvalue weighted by molar-refractivity contribution is 5.76. The molecule has 1 heterocycles. The fraction of sp³-hybridized carbons (Fsp3) is 0.968. The van der Waals surface area contributed by atoms with Crippen molar-refractivity contribution in [3.8, 4) is 0 Å². The Bertz CT molecular complexity index is 987. The number of aliphatic hydroxyl groups is 2. The lowest BCUT2D eigenvalue weighted by atomic mass is 9.43. The highest BCUT2D eigenvalue weighted by atomic mass is 16.3. The first-order chi connectivity index (χ1) is 19.5. The molecule has 5 aliphatic rings. The van der Waals surface area contributed by atoms with Crippen LogP contribution in [0.1, 0.15) is 105 Å². The summed E-state index contributed by atoms with van der Waals surface area (Å²) in [7, 11) is 0. The van der Waals surface area contributed by atoms with E-state index in [-0.39, 0.29) is 47.3 Å². The Hall–Kier alpha value is -1.42. The van der Waals surface area contributed by atoms with Crippen LogP contribution in [0.25, 0.3) is 10.4 Å². The zero-order valence-electron chi connectivity index (χ0n) is 25.7. The van der Waals surface area contributed by atoms with E-state index in [2.05, 4.69) is 59.2 Å². The van der Waals surface area contributed by atoms with Crippen LogP contribution in [0.5, 0.6) is 0 Å². The van der Waals surface area contributed by atoms with E-state index >= 15 is 0 Å². The molecule has 2 unspecified atom stereocenters. The molecule has 0 radical (unpaired) electrons. The van der Waals surface area contributed by atoms with Crippen LogP contribution in [0, 0.1) is 46.3 Å². The van der Waals surface area contributed by atoms with Crippen molar-refractivity contribution in [2.24, 2.45) is 51.5 Å². The first-order valence-electron chi connectivity index (χ1n) is 16.4. The quantitative estimate of drug-likeness (QED) is 0.0665. The van der Waals surface area contributed by atoms with Crippen molar-refractivity contribution in [3.05, 3.63) is 10.4 Å². The topological polar surface area (TPSA) is 174 Å². The van der Waals surface area contributed by atoms with Crippen molar-refractivity contribution in [1.29, 1.82) is 0 Å². The molecule has 0 aromatic heterocycles. The number of rotatable bonds is 12. The number of nitrogens with zero attached hydrogens (tertiary/aromatic N) is 3. The van der Waals surface area contributed by atoms with Gasteiger partial charge in [0.25, 0.3) is 0 Å². The Kier molecular flexibility index (Phi) is 9.30. The Morgan fingerprint density at radius 3 is 2.59 bits per heavy atom. The fourth-order valence-corrected chi connectivity index (χ4v) is 10.3. The SMILES string of the molecule is C[C@H](CCC(=O)NC(CCC1(C)NN1)CNCN=[N+]=[N-])[C@H]1CC[C@H]2[C@@H]3CC[C@@H]4C[C@H](O)CC[C@]4(C)[C@H]3CC(O)[C@]12C. The largest absolute Gasteiger partial charge is 0.393 e. The Balaban J connectivity index is 1.17. The molecule has 4 aliphatic carbocycles. The van der Waals surface area contributed by atoms with Crippen LogP contribution in [0.4, 0.5) is 0 Å². The van der Waals surface area contributed by atoms with Gasteiger partial charge in [0.1, 0.15) is 0 Å². The highest BCUT2D eigenvalue weighted by Gasteiger charge is 2.63. The second kappa shape index (κ2) is 12.3. The molecule has 0 spiro atoms. The molecule has 232 valence electrons. The molecule has 6 N–H and O–H groups in total. The van der Waals surface area contributed by atoms with Crippen molar-refractivity contribution >= 4 is 5.91 Å². The number of carbonyl (C=O) groups is 1. The van der Waals surface area contributed by atoms with Crippen molar-refractivity contribution in [1.82, 2.24) is 21.5 Å². The number of nitrogens with one attached hydrogen (secondary N) is 4. The van der Waals surface area contributed by atoms with Crippen LogP contribution in [-0.2, 0) is 4.79 Å². The van der Waals surface area contributed by atoms with Gasteiger partial charge in [0.2, 0.25) is 5.91 Å². The predicted molar refractivity (Wildman–Crippen MR) is 159 cm³/mol. The van der Waals surface area contributed by atoms with Gasteiger partial charge in [-0.2, -0.15) is 0 Å². The van der Waals surface area contributed by atoms with Gasteiger partial charge in [-0.25, -0.2) is 10.9 Å². The van der Waals surface area contributed by atoms with Crippen LogP contribution in [-0.4, -0.2) is 53.2 Å². The average molecular weight is 574 g/mol. The summed E-state index contributed by atoms with van der Waals surface area (Å²) in [6.45, 7) is 10.0. The van der Waals surface area contributed by atoms with E-state index in [1.807, 2.05) is 0 Å². The van der Waals surface area contributed by atoms with E-state index < -0.39 is 0 Å². The number of azide groups is 1. The van der Waals surface area contributed by atoms with E-state index in [0.29, 0.717) is 48.5 Å². The second-order valence-electron chi connectivity index (χ2n) is 15.1. The minimum Gasteiger partial charge on any atom is -0.393 e.